The molecule has 164 valence electrons. The van der Waals surface area contributed by atoms with E-state index in [1.807, 2.05) is 42.5 Å². The normalized spacial score (nSPS) is 14.8. The van der Waals surface area contributed by atoms with Gasteiger partial charge in [0.1, 0.15) is 11.9 Å². The van der Waals surface area contributed by atoms with Gasteiger partial charge in [0.2, 0.25) is 5.95 Å². The monoisotopic (exact) mass is 479 g/mol. The van der Waals surface area contributed by atoms with Crippen LogP contribution in [-0.2, 0) is 0 Å². The van der Waals surface area contributed by atoms with E-state index in [1.165, 1.54) is 24.3 Å². The van der Waals surface area contributed by atoms with E-state index in [0.717, 1.165) is 16.8 Å². The maximum Gasteiger partial charge on any atom is 0.258 e. The number of hydrogen-bond donors (Lipinski definition) is 2. The summed E-state index contributed by atoms with van der Waals surface area (Å²) in [4.78, 5) is 17.0. The molecule has 0 unspecified atom stereocenters. The zero-order valence-electron chi connectivity index (χ0n) is 17.0. The van der Waals surface area contributed by atoms with Crippen LogP contribution in [0.25, 0.3) is 5.70 Å². The molecule has 1 aliphatic heterocycles. The summed E-state index contributed by atoms with van der Waals surface area (Å²) in [6.45, 7) is 0. The van der Waals surface area contributed by atoms with Gasteiger partial charge in [0.05, 0.1) is 0 Å². The van der Waals surface area contributed by atoms with Crippen LogP contribution in [0.2, 0.25) is 10.0 Å². The predicted molar refractivity (Wildman–Crippen MR) is 127 cm³/mol. The molecule has 2 N–H and O–H groups in total. The minimum atomic E-state index is -0.446. The summed E-state index contributed by atoms with van der Waals surface area (Å²) in [6.07, 6.45) is 1.98. The highest BCUT2D eigenvalue weighted by Crippen LogP contribution is 2.36. The Morgan fingerprint density at radius 1 is 1.00 bits per heavy atom. The van der Waals surface area contributed by atoms with Crippen molar-refractivity contribution in [3.63, 3.8) is 0 Å². The second-order valence-electron chi connectivity index (χ2n) is 7.34. The lowest BCUT2D eigenvalue weighted by Gasteiger charge is -2.24. The van der Waals surface area contributed by atoms with E-state index in [9.17, 15) is 9.18 Å². The fourth-order valence-electron chi connectivity index (χ4n) is 3.56. The van der Waals surface area contributed by atoms with E-state index < -0.39 is 11.7 Å². The first-order chi connectivity index (χ1) is 16.0. The molecule has 0 saturated heterocycles. The standard InChI is InChI=1S/C24H16Cl2FN5O/c25-16-9-5-14(6-10-16)20-13-21(18-3-1-2-4-19(18)26)32-24(28-20)30-23(31-32)29-22(33)15-7-11-17(27)12-8-15/h1-13,21H,(H2,28,29,30,31,33)/t21-/m1/s1. The van der Waals surface area contributed by atoms with Crippen molar-refractivity contribution in [2.75, 3.05) is 10.6 Å². The van der Waals surface area contributed by atoms with Crippen molar-refractivity contribution in [3.05, 3.63) is 111 Å². The van der Waals surface area contributed by atoms with Crippen LogP contribution in [0.5, 0.6) is 0 Å². The van der Waals surface area contributed by atoms with E-state index >= 15 is 0 Å². The minimum Gasteiger partial charge on any atom is -0.324 e. The predicted octanol–water partition coefficient (Wildman–Crippen LogP) is 6.03. The molecule has 1 aliphatic rings. The van der Waals surface area contributed by atoms with Crippen molar-refractivity contribution in [2.45, 2.75) is 6.04 Å². The van der Waals surface area contributed by atoms with Gasteiger partial charge >= 0.3 is 0 Å². The molecule has 0 bridgehead atoms. The summed E-state index contributed by atoms with van der Waals surface area (Å²) in [5, 5.41) is 11.6. The van der Waals surface area contributed by atoms with Crippen LogP contribution in [0.1, 0.15) is 27.5 Å². The van der Waals surface area contributed by atoms with Crippen LogP contribution >= 0.6 is 23.2 Å². The SMILES string of the molecule is O=C(Nc1nc2n(n1)[C@@H](c1ccccc1Cl)C=C(c1ccc(Cl)cc1)N2)c1ccc(F)cc1. The molecule has 0 radical (unpaired) electrons. The number of hydrogen-bond acceptors (Lipinski definition) is 4. The summed E-state index contributed by atoms with van der Waals surface area (Å²) < 4.78 is 14.8. The second kappa shape index (κ2) is 8.69. The summed E-state index contributed by atoms with van der Waals surface area (Å²) in [5.41, 5.74) is 2.82. The molecule has 0 saturated carbocycles. The van der Waals surface area contributed by atoms with E-state index in [2.05, 4.69) is 20.7 Å². The van der Waals surface area contributed by atoms with Crippen molar-refractivity contribution < 1.29 is 9.18 Å². The van der Waals surface area contributed by atoms with Gasteiger partial charge in [-0.3, -0.25) is 10.1 Å². The van der Waals surface area contributed by atoms with Crippen molar-refractivity contribution in [1.29, 1.82) is 0 Å². The number of benzene rings is 3. The number of allylic oxidation sites excluding steroid dienone is 1. The Bertz CT molecular complexity index is 1370. The average molecular weight is 480 g/mol. The first kappa shape index (κ1) is 21.2. The van der Waals surface area contributed by atoms with E-state index in [1.54, 1.807) is 16.8 Å². The largest absolute Gasteiger partial charge is 0.324 e. The molecule has 0 fully saturated rings. The Balaban J connectivity index is 1.52. The number of halogens is 3. The highest BCUT2D eigenvalue weighted by molar-refractivity contribution is 6.31. The summed E-state index contributed by atoms with van der Waals surface area (Å²) >= 11 is 12.5. The maximum atomic E-state index is 13.2. The van der Waals surface area contributed by atoms with Crippen molar-refractivity contribution in [2.24, 2.45) is 0 Å². The smallest absolute Gasteiger partial charge is 0.258 e. The molecule has 3 aromatic carbocycles. The lowest BCUT2D eigenvalue weighted by Crippen LogP contribution is -2.20. The van der Waals surface area contributed by atoms with Crippen LogP contribution in [0.4, 0.5) is 16.3 Å². The van der Waals surface area contributed by atoms with Crippen LogP contribution in [0.3, 0.4) is 0 Å². The van der Waals surface area contributed by atoms with Crippen molar-refractivity contribution in [1.82, 2.24) is 14.8 Å². The maximum absolute atomic E-state index is 13.2. The van der Waals surface area contributed by atoms with Gasteiger partial charge in [-0.2, -0.15) is 4.98 Å². The van der Waals surface area contributed by atoms with Crippen molar-refractivity contribution in [3.8, 4) is 0 Å². The molecule has 2 heterocycles. The Hall–Kier alpha value is -3.68. The first-order valence-electron chi connectivity index (χ1n) is 10.0. The zero-order chi connectivity index (χ0) is 22.9. The van der Waals surface area contributed by atoms with Crippen molar-refractivity contribution >= 4 is 46.7 Å². The molecular weight excluding hydrogens is 464 g/mol. The second-order valence-corrected chi connectivity index (χ2v) is 8.19. The zero-order valence-corrected chi connectivity index (χ0v) is 18.5. The lowest BCUT2D eigenvalue weighted by atomic mass is 10.0. The molecule has 0 aliphatic carbocycles. The minimum absolute atomic E-state index is 0.106. The molecule has 9 heteroatoms. The molecule has 5 rings (SSSR count). The molecule has 4 aromatic rings. The topological polar surface area (TPSA) is 71.8 Å². The van der Waals surface area contributed by atoms with Gasteiger partial charge in [-0.1, -0.05) is 53.5 Å². The van der Waals surface area contributed by atoms with Gasteiger partial charge in [-0.05, 0) is 59.7 Å². The van der Waals surface area contributed by atoms with Gasteiger partial charge in [0.25, 0.3) is 11.9 Å². The molecular formula is C24H16Cl2FN5O. The third-order valence-corrected chi connectivity index (χ3v) is 5.77. The van der Waals surface area contributed by atoms with Crippen LogP contribution in [0.15, 0.2) is 78.9 Å². The Kier molecular flexibility index (Phi) is 5.58. The number of aromatic nitrogens is 3. The Labute approximate surface area is 198 Å². The highest BCUT2D eigenvalue weighted by atomic mass is 35.5. The number of rotatable bonds is 4. The first-order valence-corrected chi connectivity index (χ1v) is 10.8. The summed E-state index contributed by atoms with van der Waals surface area (Å²) in [5.74, 6) is -0.329. The highest BCUT2D eigenvalue weighted by Gasteiger charge is 2.27. The quantitative estimate of drug-likeness (QED) is 0.374. The number of nitrogens with one attached hydrogen (secondary N) is 2. The molecule has 1 amide bonds. The number of nitrogens with zero attached hydrogens (tertiary/aromatic N) is 3. The number of anilines is 2. The molecule has 6 nitrogen and oxygen atoms in total. The number of carbonyl (C=O) groups excluding carboxylic acids is 1. The molecule has 0 spiro atoms. The molecule has 1 atom stereocenters. The lowest BCUT2D eigenvalue weighted by molar-refractivity contribution is 0.102. The third-order valence-electron chi connectivity index (χ3n) is 5.18. The van der Waals surface area contributed by atoms with Crippen LogP contribution in [-0.4, -0.2) is 20.7 Å². The van der Waals surface area contributed by atoms with Crippen LogP contribution in [0, 0.1) is 5.82 Å². The van der Waals surface area contributed by atoms with E-state index in [-0.39, 0.29) is 12.0 Å². The van der Waals surface area contributed by atoms with Gasteiger partial charge < -0.3 is 5.32 Å². The van der Waals surface area contributed by atoms with E-state index in [4.69, 9.17) is 23.2 Å². The molecule has 33 heavy (non-hydrogen) atoms. The number of carbonyl (C=O) groups is 1. The Morgan fingerprint density at radius 2 is 1.73 bits per heavy atom. The fourth-order valence-corrected chi connectivity index (χ4v) is 3.93. The molecule has 1 aromatic heterocycles. The van der Waals surface area contributed by atoms with E-state index in [0.29, 0.717) is 21.6 Å². The third kappa shape index (κ3) is 4.33. The average Bonchev–Trinajstić information content (AvgIpc) is 3.22. The fraction of sp³-hybridized carbons (Fsp3) is 0.0417. The summed E-state index contributed by atoms with van der Waals surface area (Å²) in [6, 6.07) is 19.7. The van der Waals surface area contributed by atoms with Gasteiger partial charge in [-0.25, -0.2) is 9.07 Å². The van der Waals surface area contributed by atoms with Crippen LogP contribution < -0.4 is 10.6 Å². The Morgan fingerprint density at radius 3 is 2.45 bits per heavy atom. The van der Waals surface area contributed by atoms with Gasteiger partial charge in [0.15, 0.2) is 0 Å². The van der Waals surface area contributed by atoms with Gasteiger partial charge in [-0.15, -0.1) is 5.10 Å². The number of fused-ring (bicyclic) bond motifs is 1. The van der Waals surface area contributed by atoms with Gasteiger partial charge in [0, 0.05) is 21.3 Å². The summed E-state index contributed by atoms with van der Waals surface area (Å²) in [7, 11) is 0. The number of amides is 1.